The zero-order valence-electron chi connectivity index (χ0n) is 19.3. The van der Waals surface area contributed by atoms with Gasteiger partial charge in [0.2, 0.25) is 0 Å². The molecule has 1 aromatic heterocycles. The number of sulfone groups is 1. The topological polar surface area (TPSA) is 110 Å². The number of hydrogen-bond acceptors (Lipinski definition) is 7. The van der Waals surface area contributed by atoms with Crippen molar-refractivity contribution in [3.8, 4) is 5.75 Å². The summed E-state index contributed by atoms with van der Waals surface area (Å²) in [6.45, 7) is -0.705. The van der Waals surface area contributed by atoms with Gasteiger partial charge in [0.05, 0.1) is 10.8 Å². The van der Waals surface area contributed by atoms with E-state index in [0.29, 0.717) is 11.9 Å². The number of nitrogens with one attached hydrogen (secondary N) is 2. The lowest BCUT2D eigenvalue weighted by molar-refractivity contribution is -0.0529. The van der Waals surface area contributed by atoms with Gasteiger partial charge in [-0.15, -0.1) is 0 Å². The van der Waals surface area contributed by atoms with Crippen LogP contribution in [0.5, 0.6) is 5.75 Å². The highest BCUT2D eigenvalue weighted by molar-refractivity contribution is 7.91. The van der Waals surface area contributed by atoms with E-state index in [4.69, 9.17) is 0 Å². The smallest absolute Gasteiger partial charge is 0.387 e. The van der Waals surface area contributed by atoms with Crippen molar-refractivity contribution < 1.29 is 35.5 Å². The minimum Gasteiger partial charge on any atom is -0.431 e. The summed E-state index contributed by atoms with van der Waals surface area (Å²) in [4.78, 5) is 21.5. The van der Waals surface area contributed by atoms with Crippen molar-refractivity contribution in [2.75, 3.05) is 11.6 Å². The number of anilines is 1. The number of benzene rings is 1. The third kappa shape index (κ3) is 7.03. The highest BCUT2D eigenvalue weighted by atomic mass is 32.2. The molecule has 1 saturated carbocycles. The molecule has 1 aliphatic carbocycles. The van der Waals surface area contributed by atoms with Crippen LogP contribution in [0.2, 0.25) is 0 Å². The number of ether oxygens (including phenoxy) is 1. The largest absolute Gasteiger partial charge is 0.431 e. The summed E-state index contributed by atoms with van der Waals surface area (Å²) in [6, 6.07) is 0.929. The van der Waals surface area contributed by atoms with E-state index in [1.165, 1.54) is 13.1 Å². The van der Waals surface area contributed by atoms with Gasteiger partial charge in [0.1, 0.15) is 32.9 Å². The minimum absolute atomic E-state index is 0.00517. The first-order chi connectivity index (χ1) is 16.4. The summed E-state index contributed by atoms with van der Waals surface area (Å²) < 4.78 is 81.4. The van der Waals surface area contributed by atoms with Gasteiger partial charge in [-0.05, 0) is 45.2 Å². The second kappa shape index (κ2) is 10.8. The molecule has 2 aromatic rings. The van der Waals surface area contributed by atoms with E-state index >= 15 is 0 Å². The molecule has 0 bridgehead atoms. The van der Waals surface area contributed by atoms with E-state index < -0.39 is 63.1 Å². The Morgan fingerprint density at radius 1 is 1.20 bits per heavy atom. The molecule has 1 heterocycles. The molecule has 0 aliphatic heterocycles. The number of halogens is 4. The van der Waals surface area contributed by atoms with Crippen molar-refractivity contribution in [3.63, 3.8) is 0 Å². The summed E-state index contributed by atoms with van der Waals surface area (Å²) in [7, 11) is -3.29. The van der Waals surface area contributed by atoms with Crippen molar-refractivity contribution in [1.82, 2.24) is 15.3 Å². The Hall–Kier alpha value is -2.96. The van der Waals surface area contributed by atoms with Gasteiger partial charge in [-0.3, -0.25) is 4.79 Å². The number of hydrogen-bond donors (Lipinski definition) is 2. The van der Waals surface area contributed by atoms with Crippen LogP contribution in [0.1, 0.15) is 60.8 Å². The first-order valence-corrected chi connectivity index (χ1v) is 12.8. The zero-order chi connectivity index (χ0) is 25.9. The van der Waals surface area contributed by atoms with Crippen LogP contribution in [0, 0.1) is 11.6 Å². The van der Waals surface area contributed by atoms with E-state index in [1.807, 2.05) is 0 Å². The quantitative estimate of drug-likeness (QED) is 0.436. The third-order valence-corrected chi connectivity index (χ3v) is 7.24. The normalized spacial score (nSPS) is 15.5. The first kappa shape index (κ1) is 26.6. The lowest BCUT2D eigenvalue weighted by Crippen LogP contribution is -2.36. The van der Waals surface area contributed by atoms with Gasteiger partial charge < -0.3 is 15.4 Å². The fourth-order valence-corrected chi connectivity index (χ4v) is 4.03. The molecule has 0 saturated heterocycles. The molecule has 35 heavy (non-hydrogen) atoms. The fraction of sp³-hybridized carbons (Fsp3) is 0.500. The van der Waals surface area contributed by atoms with Crippen LogP contribution >= 0.6 is 0 Å². The van der Waals surface area contributed by atoms with Crippen LogP contribution in [0.3, 0.4) is 0 Å². The molecule has 1 unspecified atom stereocenters. The van der Waals surface area contributed by atoms with Gasteiger partial charge in [0.15, 0.2) is 11.6 Å². The molecular formula is C22H26F4N4O4S. The standard InChI is InChI=1S/C22H26F4N4O4S/c1-11(8-12(2)35(3,32)33)29-21(31)15-10-27-19(13-4-5-13)30-20(15)28-9-14-16(23)6-7-17(24)18(14)34-22(25)26/h6-7,10-13,22H,4-5,8-9H2,1-3H3,(H,29,31)(H,27,28,30)/t11-,12?/m0/s1. The third-order valence-electron chi connectivity index (χ3n) is 5.58. The maximum Gasteiger partial charge on any atom is 0.387 e. The number of rotatable bonds is 11. The Bertz CT molecular complexity index is 1190. The summed E-state index contributed by atoms with van der Waals surface area (Å²) >= 11 is 0. The lowest BCUT2D eigenvalue weighted by Gasteiger charge is -2.19. The Morgan fingerprint density at radius 2 is 1.86 bits per heavy atom. The molecule has 1 amide bonds. The predicted octanol–water partition coefficient (Wildman–Crippen LogP) is 3.79. The monoisotopic (exact) mass is 518 g/mol. The highest BCUT2D eigenvalue weighted by Gasteiger charge is 2.29. The van der Waals surface area contributed by atoms with Gasteiger partial charge >= 0.3 is 6.61 Å². The SMILES string of the molecule is CC(C[C@H](C)NC(=O)c1cnc(C2CC2)nc1NCc1c(F)ccc(F)c1OC(F)F)S(C)(=O)=O. The second-order valence-corrected chi connectivity index (χ2v) is 11.0. The molecule has 0 spiro atoms. The zero-order valence-corrected chi connectivity index (χ0v) is 20.1. The molecule has 0 radical (unpaired) electrons. The minimum atomic E-state index is -3.37. The summed E-state index contributed by atoms with van der Waals surface area (Å²) in [5, 5.41) is 4.71. The van der Waals surface area contributed by atoms with Crippen LogP contribution < -0.4 is 15.4 Å². The Labute approximate surface area is 200 Å². The molecule has 8 nitrogen and oxygen atoms in total. The fourth-order valence-electron chi connectivity index (χ4n) is 3.40. The number of aromatic nitrogens is 2. The average Bonchev–Trinajstić information content (AvgIpc) is 3.60. The van der Waals surface area contributed by atoms with Gasteiger partial charge in [-0.25, -0.2) is 27.2 Å². The van der Waals surface area contributed by atoms with Crippen LogP contribution in [0.25, 0.3) is 0 Å². The molecule has 13 heteroatoms. The highest BCUT2D eigenvalue weighted by Crippen LogP contribution is 2.38. The molecule has 2 N–H and O–H groups in total. The van der Waals surface area contributed by atoms with E-state index in [0.717, 1.165) is 25.2 Å². The molecule has 192 valence electrons. The van der Waals surface area contributed by atoms with Crippen LogP contribution in [0.15, 0.2) is 18.3 Å². The molecule has 2 atom stereocenters. The maximum atomic E-state index is 14.4. The molecule has 1 aliphatic rings. The van der Waals surface area contributed by atoms with E-state index in [1.54, 1.807) is 6.92 Å². The maximum absolute atomic E-state index is 14.4. The van der Waals surface area contributed by atoms with Crippen molar-refractivity contribution in [2.45, 2.75) is 63.5 Å². The molecular weight excluding hydrogens is 492 g/mol. The Balaban J connectivity index is 1.84. The lowest BCUT2D eigenvalue weighted by atomic mass is 10.1. The van der Waals surface area contributed by atoms with Crippen molar-refractivity contribution in [3.05, 3.63) is 46.9 Å². The van der Waals surface area contributed by atoms with Crippen molar-refractivity contribution >= 4 is 21.6 Å². The summed E-state index contributed by atoms with van der Waals surface area (Å²) in [5.74, 6) is -3.17. The predicted molar refractivity (Wildman–Crippen MR) is 120 cm³/mol. The van der Waals surface area contributed by atoms with Gasteiger partial charge in [-0.2, -0.15) is 8.78 Å². The number of amides is 1. The number of nitrogens with zero attached hydrogens (tertiary/aromatic N) is 2. The molecule has 1 aromatic carbocycles. The van der Waals surface area contributed by atoms with E-state index in [-0.39, 0.29) is 23.7 Å². The molecule has 3 rings (SSSR count). The summed E-state index contributed by atoms with van der Waals surface area (Å²) in [5.41, 5.74) is -0.528. The first-order valence-electron chi connectivity index (χ1n) is 10.9. The Kier molecular flexibility index (Phi) is 8.18. The van der Waals surface area contributed by atoms with Crippen molar-refractivity contribution in [1.29, 1.82) is 0 Å². The van der Waals surface area contributed by atoms with Crippen molar-refractivity contribution in [2.24, 2.45) is 0 Å². The van der Waals surface area contributed by atoms with Crippen LogP contribution in [-0.2, 0) is 16.4 Å². The van der Waals surface area contributed by atoms with Gasteiger partial charge in [0.25, 0.3) is 5.91 Å². The Morgan fingerprint density at radius 3 is 2.46 bits per heavy atom. The summed E-state index contributed by atoms with van der Waals surface area (Å²) in [6.07, 6.45) is 4.27. The molecule has 1 fully saturated rings. The second-order valence-electron chi connectivity index (χ2n) is 8.58. The number of carbonyl (C=O) groups excluding carboxylic acids is 1. The number of alkyl halides is 2. The number of carbonyl (C=O) groups is 1. The van der Waals surface area contributed by atoms with E-state index in [2.05, 4.69) is 25.3 Å². The van der Waals surface area contributed by atoms with Crippen LogP contribution in [0.4, 0.5) is 23.4 Å². The van der Waals surface area contributed by atoms with Crippen LogP contribution in [-0.4, -0.2) is 48.5 Å². The van der Waals surface area contributed by atoms with Gasteiger partial charge in [0, 0.05) is 31.0 Å². The van der Waals surface area contributed by atoms with E-state index in [9.17, 15) is 30.8 Å². The van der Waals surface area contributed by atoms with Gasteiger partial charge in [-0.1, -0.05) is 0 Å². The average molecular weight is 519 g/mol.